The van der Waals surface area contributed by atoms with Gasteiger partial charge in [0, 0.05) is 18.5 Å². The zero-order valence-corrected chi connectivity index (χ0v) is 18.6. The van der Waals surface area contributed by atoms with Crippen LogP contribution in [0.3, 0.4) is 0 Å². The van der Waals surface area contributed by atoms with Crippen molar-refractivity contribution >= 4 is 6.02 Å². The summed E-state index contributed by atoms with van der Waals surface area (Å²) in [6, 6.07) is 15.1. The van der Waals surface area contributed by atoms with E-state index >= 15 is 0 Å². The Morgan fingerprint density at radius 1 is 1.00 bits per heavy atom. The number of aliphatic imine (C=N–C) groups is 1. The number of amidine groups is 1. The Labute approximate surface area is 189 Å². The van der Waals surface area contributed by atoms with Gasteiger partial charge in [-0.1, -0.05) is 43.2 Å². The number of hydrogen-bond acceptors (Lipinski definition) is 4. The number of hydrogen-bond donors (Lipinski definition) is 1. The molecule has 0 unspecified atom stereocenters. The first-order valence-electron chi connectivity index (χ1n) is 12.3. The quantitative estimate of drug-likeness (QED) is 0.747. The normalized spacial score (nSPS) is 29.9. The second-order valence-electron chi connectivity index (χ2n) is 10.1. The van der Waals surface area contributed by atoms with Crippen molar-refractivity contribution in [2.24, 2.45) is 16.6 Å². The number of ether oxygens (including phenoxy) is 1. The summed E-state index contributed by atoms with van der Waals surface area (Å²) in [6.07, 6.45) is 8.49. The van der Waals surface area contributed by atoms with Crippen molar-refractivity contribution in [3.8, 4) is 0 Å². The van der Waals surface area contributed by atoms with E-state index in [1.54, 1.807) is 12.1 Å². The Kier molecular flexibility index (Phi) is 5.17. The topological polar surface area (TPSA) is 50.8 Å². The molecule has 2 atom stereocenters. The highest BCUT2D eigenvalue weighted by Gasteiger charge is 2.40. The first-order chi connectivity index (χ1) is 15.7. The van der Waals surface area contributed by atoms with Crippen molar-refractivity contribution in [1.29, 1.82) is 0 Å². The van der Waals surface area contributed by atoms with Crippen LogP contribution >= 0.6 is 0 Å². The molecule has 2 aromatic carbocycles. The number of halogens is 1. The molecule has 0 aromatic heterocycles. The smallest absolute Gasteiger partial charge is 0.288 e. The molecule has 2 aliphatic heterocycles. The van der Waals surface area contributed by atoms with Crippen molar-refractivity contribution < 1.29 is 9.13 Å². The predicted molar refractivity (Wildman–Crippen MR) is 124 cm³/mol. The van der Waals surface area contributed by atoms with Gasteiger partial charge >= 0.3 is 0 Å². The molecule has 4 aliphatic rings. The lowest BCUT2D eigenvalue weighted by Gasteiger charge is -2.40. The van der Waals surface area contributed by atoms with Crippen LogP contribution in [-0.2, 0) is 11.2 Å². The third-order valence-corrected chi connectivity index (χ3v) is 8.05. The highest BCUT2D eigenvalue weighted by molar-refractivity contribution is 5.77. The molecule has 32 heavy (non-hydrogen) atoms. The molecule has 0 saturated heterocycles. The van der Waals surface area contributed by atoms with Crippen molar-refractivity contribution in [2.45, 2.75) is 69.1 Å². The molecule has 2 saturated carbocycles. The molecule has 2 aliphatic carbocycles. The third kappa shape index (κ3) is 3.61. The van der Waals surface area contributed by atoms with Gasteiger partial charge in [0.15, 0.2) is 0 Å². The fraction of sp³-hybridized carbons (Fsp3) is 0.519. The van der Waals surface area contributed by atoms with Crippen LogP contribution in [0.5, 0.6) is 0 Å². The molecule has 0 bridgehead atoms. The van der Waals surface area contributed by atoms with Gasteiger partial charge in [-0.05, 0) is 72.4 Å². The van der Waals surface area contributed by atoms with Gasteiger partial charge in [0.05, 0.1) is 12.6 Å². The Balaban J connectivity index is 1.31. The molecule has 0 amide bonds. The molecule has 2 aromatic rings. The summed E-state index contributed by atoms with van der Waals surface area (Å²) in [5.74, 6) is 1.02. The average molecular weight is 434 g/mol. The molecule has 0 spiro atoms. The maximum absolute atomic E-state index is 13.7. The first-order valence-corrected chi connectivity index (χ1v) is 12.3. The Morgan fingerprint density at radius 2 is 1.75 bits per heavy atom. The SMILES string of the molecule is N[C@H]1C[C@H]([C@@H]2CN=C(N3CCc4cc(C5CCCC5)ccc4[C@@H]3c3ccc(F)cc3)O2)C1. The summed E-state index contributed by atoms with van der Waals surface area (Å²) in [4.78, 5) is 7.12. The van der Waals surface area contributed by atoms with Crippen LogP contribution in [0, 0.1) is 11.7 Å². The average Bonchev–Trinajstić information content (AvgIpc) is 3.49. The van der Waals surface area contributed by atoms with Crippen LogP contribution in [0.25, 0.3) is 0 Å². The minimum atomic E-state index is -0.205. The summed E-state index contributed by atoms with van der Waals surface area (Å²) in [6.45, 7) is 1.58. The minimum Gasteiger partial charge on any atom is -0.460 e. The summed E-state index contributed by atoms with van der Waals surface area (Å²) in [7, 11) is 0. The van der Waals surface area contributed by atoms with E-state index in [2.05, 4.69) is 23.1 Å². The van der Waals surface area contributed by atoms with Gasteiger partial charge in [-0.2, -0.15) is 0 Å². The van der Waals surface area contributed by atoms with Gasteiger partial charge in [0.1, 0.15) is 11.9 Å². The third-order valence-electron chi connectivity index (χ3n) is 8.05. The van der Waals surface area contributed by atoms with E-state index in [0.717, 1.165) is 37.4 Å². The Morgan fingerprint density at radius 3 is 2.50 bits per heavy atom. The fourth-order valence-corrected chi connectivity index (χ4v) is 6.16. The second-order valence-corrected chi connectivity index (χ2v) is 10.1. The van der Waals surface area contributed by atoms with E-state index in [1.165, 1.54) is 42.4 Å². The number of nitrogens with zero attached hydrogens (tertiary/aromatic N) is 2. The number of nitrogens with two attached hydrogens (primary N) is 1. The molecular formula is C27H32FN3O. The summed E-state index contributed by atoms with van der Waals surface area (Å²) in [5.41, 5.74) is 11.3. The molecule has 6 rings (SSSR count). The van der Waals surface area contributed by atoms with Crippen molar-refractivity contribution in [2.75, 3.05) is 13.1 Å². The van der Waals surface area contributed by atoms with Crippen LogP contribution < -0.4 is 5.73 Å². The van der Waals surface area contributed by atoms with Crippen LogP contribution in [0.1, 0.15) is 72.7 Å². The van der Waals surface area contributed by atoms with Gasteiger partial charge in [-0.15, -0.1) is 0 Å². The highest BCUT2D eigenvalue weighted by atomic mass is 19.1. The van der Waals surface area contributed by atoms with Gasteiger partial charge in [-0.25, -0.2) is 9.38 Å². The summed E-state index contributed by atoms with van der Waals surface area (Å²) in [5, 5.41) is 0. The minimum absolute atomic E-state index is 0.00174. The van der Waals surface area contributed by atoms with Crippen LogP contribution in [0.2, 0.25) is 0 Å². The second kappa shape index (κ2) is 8.18. The van der Waals surface area contributed by atoms with E-state index in [1.807, 2.05) is 12.1 Å². The monoisotopic (exact) mass is 433 g/mol. The predicted octanol–water partition coefficient (Wildman–Crippen LogP) is 4.92. The molecule has 5 heteroatoms. The molecule has 168 valence electrons. The zero-order chi connectivity index (χ0) is 21.7. The molecule has 0 radical (unpaired) electrons. The number of rotatable bonds is 3. The summed E-state index contributed by atoms with van der Waals surface area (Å²) >= 11 is 0. The van der Waals surface area contributed by atoms with Gasteiger partial charge in [0.2, 0.25) is 0 Å². The lowest BCUT2D eigenvalue weighted by atomic mass is 9.77. The van der Waals surface area contributed by atoms with Gasteiger partial charge in [0.25, 0.3) is 6.02 Å². The fourth-order valence-electron chi connectivity index (χ4n) is 6.16. The maximum atomic E-state index is 13.7. The van der Waals surface area contributed by atoms with Crippen LogP contribution in [-0.4, -0.2) is 36.2 Å². The lowest BCUT2D eigenvalue weighted by molar-refractivity contribution is 0.0668. The van der Waals surface area contributed by atoms with E-state index in [0.29, 0.717) is 24.4 Å². The van der Waals surface area contributed by atoms with Gasteiger partial charge < -0.3 is 15.4 Å². The Bertz CT molecular complexity index is 1010. The highest BCUT2D eigenvalue weighted by Crippen LogP contribution is 2.41. The van der Waals surface area contributed by atoms with E-state index in [9.17, 15) is 4.39 Å². The maximum Gasteiger partial charge on any atom is 0.288 e. The molecule has 2 fully saturated rings. The number of benzene rings is 2. The zero-order valence-electron chi connectivity index (χ0n) is 18.6. The van der Waals surface area contributed by atoms with Crippen LogP contribution in [0.4, 0.5) is 4.39 Å². The standard InChI is InChI=1S/C27H32FN3O/c28-22-8-5-18(6-9-22)26-24-10-7-19(17-3-1-2-4-17)13-20(24)11-12-31(26)27-30-16-25(32-27)21-14-23(29)15-21/h5-10,13,17,21,23,25-26H,1-4,11-12,14-16,29H2/t21-,23-,25-,26-/m0/s1. The van der Waals surface area contributed by atoms with E-state index < -0.39 is 0 Å². The first kappa shape index (κ1) is 20.2. The number of fused-ring (bicyclic) bond motifs is 1. The summed E-state index contributed by atoms with van der Waals surface area (Å²) < 4.78 is 20.1. The largest absolute Gasteiger partial charge is 0.460 e. The van der Waals surface area contributed by atoms with Crippen molar-refractivity contribution in [3.05, 3.63) is 70.5 Å². The van der Waals surface area contributed by atoms with Crippen molar-refractivity contribution in [3.63, 3.8) is 0 Å². The molecule has 2 N–H and O–H groups in total. The lowest BCUT2D eigenvalue weighted by Crippen LogP contribution is -2.45. The molecule has 4 nitrogen and oxygen atoms in total. The van der Waals surface area contributed by atoms with E-state index in [4.69, 9.17) is 15.5 Å². The van der Waals surface area contributed by atoms with Crippen LogP contribution in [0.15, 0.2) is 47.5 Å². The van der Waals surface area contributed by atoms with E-state index in [-0.39, 0.29) is 18.0 Å². The van der Waals surface area contributed by atoms with Crippen molar-refractivity contribution in [1.82, 2.24) is 4.90 Å². The molecule has 2 heterocycles. The molecular weight excluding hydrogens is 401 g/mol. The Hall–Kier alpha value is -2.40. The van der Waals surface area contributed by atoms with Gasteiger partial charge in [-0.3, -0.25) is 0 Å².